The molecule has 8 nitrogen and oxygen atoms in total. The summed E-state index contributed by atoms with van der Waals surface area (Å²) < 4.78 is 42.6. The molecule has 0 aliphatic carbocycles. The van der Waals surface area contributed by atoms with E-state index < -0.39 is 17.8 Å². The first-order valence-corrected chi connectivity index (χ1v) is 17.1. The molecular formula is C43H48O8. The second-order valence-electron chi connectivity index (χ2n) is 12.3. The molecule has 0 unspecified atom stereocenters. The third kappa shape index (κ3) is 12.3. The van der Waals surface area contributed by atoms with Crippen molar-refractivity contribution in [2.24, 2.45) is 0 Å². The summed E-state index contributed by atoms with van der Waals surface area (Å²) in [6.07, 6.45) is -1.61. The Morgan fingerprint density at radius 3 is 1.25 bits per heavy atom. The Labute approximate surface area is 301 Å². The van der Waals surface area contributed by atoms with Crippen molar-refractivity contribution in [3.63, 3.8) is 0 Å². The Hall–Kier alpha value is -4.54. The molecule has 0 heterocycles. The van der Waals surface area contributed by atoms with Crippen molar-refractivity contribution in [3.05, 3.63) is 167 Å². The molecule has 0 aliphatic heterocycles. The van der Waals surface area contributed by atoms with Gasteiger partial charge in [-0.15, -0.1) is 0 Å². The molecular weight excluding hydrogens is 644 g/mol. The van der Waals surface area contributed by atoms with Gasteiger partial charge in [-0.25, -0.2) is 0 Å². The van der Waals surface area contributed by atoms with E-state index in [1.54, 1.807) is 14.2 Å². The van der Waals surface area contributed by atoms with Crippen molar-refractivity contribution in [1.82, 2.24) is 0 Å². The topological polar surface area (TPSA) is 84.8 Å². The predicted octanol–water partition coefficient (Wildman–Crippen LogP) is 7.56. The third-order valence-electron chi connectivity index (χ3n) is 8.40. The summed E-state index contributed by atoms with van der Waals surface area (Å²) >= 11 is 0. The molecule has 0 bridgehead atoms. The number of hydrogen-bond acceptors (Lipinski definition) is 8. The normalized spacial score (nSPS) is 12.7. The maximum Gasteiger partial charge on any atom is 0.140 e. The summed E-state index contributed by atoms with van der Waals surface area (Å²) in [6.45, 7) is 1.39. The SMILES string of the molecule is COc1ccc(COCC(O)(COCc2ccc(OC)cc2)[C@@H](OCc2ccccc2)[C@@H](COCc2ccccc2)OCc2ccccc2)cc1. The molecule has 5 rings (SSSR count). The summed E-state index contributed by atoms with van der Waals surface area (Å²) in [4.78, 5) is 0. The summed E-state index contributed by atoms with van der Waals surface area (Å²) in [7, 11) is 3.26. The van der Waals surface area contributed by atoms with Crippen LogP contribution in [0.15, 0.2) is 140 Å². The van der Waals surface area contributed by atoms with Gasteiger partial charge in [-0.05, 0) is 52.1 Å². The Morgan fingerprint density at radius 2 is 0.824 bits per heavy atom. The maximum absolute atomic E-state index is 12.7. The van der Waals surface area contributed by atoms with Gasteiger partial charge in [0, 0.05) is 0 Å². The summed E-state index contributed by atoms with van der Waals surface area (Å²) in [6, 6.07) is 45.0. The molecule has 5 aromatic rings. The lowest BCUT2D eigenvalue weighted by molar-refractivity contribution is -0.225. The minimum absolute atomic E-state index is 0.0923. The zero-order valence-electron chi connectivity index (χ0n) is 29.4. The van der Waals surface area contributed by atoms with Gasteiger partial charge in [-0.1, -0.05) is 115 Å². The zero-order chi connectivity index (χ0) is 35.6. The van der Waals surface area contributed by atoms with Crippen LogP contribution < -0.4 is 9.47 Å². The average molecular weight is 693 g/mol. The van der Waals surface area contributed by atoms with Crippen LogP contribution in [0.3, 0.4) is 0 Å². The number of benzene rings is 5. The number of aliphatic hydroxyl groups is 1. The van der Waals surface area contributed by atoms with Crippen molar-refractivity contribution in [1.29, 1.82) is 0 Å². The second-order valence-corrected chi connectivity index (χ2v) is 12.3. The number of hydrogen-bond donors (Lipinski definition) is 1. The van der Waals surface area contributed by atoms with Crippen LogP contribution in [0.1, 0.15) is 27.8 Å². The van der Waals surface area contributed by atoms with Gasteiger partial charge in [0.2, 0.25) is 0 Å². The van der Waals surface area contributed by atoms with Crippen molar-refractivity contribution in [3.8, 4) is 11.5 Å². The molecule has 0 aromatic heterocycles. The molecule has 0 spiro atoms. The van der Waals surface area contributed by atoms with Gasteiger partial charge >= 0.3 is 0 Å². The molecule has 268 valence electrons. The van der Waals surface area contributed by atoms with E-state index in [1.807, 2.05) is 140 Å². The highest BCUT2D eigenvalue weighted by molar-refractivity contribution is 5.27. The van der Waals surface area contributed by atoms with E-state index in [4.69, 9.17) is 33.2 Å². The molecule has 0 fully saturated rings. The molecule has 1 N–H and O–H groups in total. The Kier molecular flexibility index (Phi) is 15.0. The lowest BCUT2D eigenvalue weighted by Gasteiger charge is -2.40. The van der Waals surface area contributed by atoms with Crippen LogP contribution in [0.4, 0.5) is 0 Å². The predicted molar refractivity (Wildman–Crippen MR) is 196 cm³/mol. The Balaban J connectivity index is 1.41. The first-order chi connectivity index (χ1) is 25.0. The largest absolute Gasteiger partial charge is 0.497 e. The van der Waals surface area contributed by atoms with Crippen LogP contribution in [-0.2, 0) is 56.7 Å². The highest BCUT2D eigenvalue weighted by atomic mass is 16.6. The maximum atomic E-state index is 12.7. The third-order valence-corrected chi connectivity index (χ3v) is 8.40. The van der Waals surface area contributed by atoms with E-state index in [0.717, 1.165) is 39.3 Å². The van der Waals surface area contributed by atoms with Crippen LogP contribution in [0.5, 0.6) is 11.5 Å². The molecule has 5 aromatic carbocycles. The van der Waals surface area contributed by atoms with Crippen LogP contribution in [0.2, 0.25) is 0 Å². The lowest BCUT2D eigenvalue weighted by Crippen LogP contribution is -2.58. The standard InChI is InChI=1S/C43H48O8/c1-45-39-22-18-37(19-23-39)27-48-32-43(44,33-49-28-38-20-24-40(46-2)25-21-38)42(51-30-36-16-10-5-11-17-36)41(50-29-35-14-8-4-9-15-35)31-47-26-34-12-6-3-7-13-34/h3-25,41-42,44H,26-33H2,1-2H3/t41-,42+/m1/s1. The Morgan fingerprint density at radius 1 is 0.451 bits per heavy atom. The summed E-state index contributed by atoms with van der Waals surface area (Å²) in [5.41, 5.74) is 3.19. The molecule has 0 aliphatic rings. The van der Waals surface area contributed by atoms with E-state index in [1.165, 1.54) is 0 Å². The van der Waals surface area contributed by atoms with E-state index in [0.29, 0.717) is 13.2 Å². The zero-order valence-corrected chi connectivity index (χ0v) is 29.4. The van der Waals surface area contributed by atoms with Gasteiger partial charge in [0.05, 0.1) is 67.1 Å². The highest BCUT2D eigenvalue weighted by Gasteiger charge is 2.44. The fourth-order valence-corrected chi connectivity index (χ4v) is 5.58. The lowest BCUT2D eigenvalue weighted by atomic mass is 9.93. The molecule has 0 saturated heterocycles. The van der Waals surface area contributed by atoms with Gasteiger partial charge < -0.3 is 38.3 Å². The summed E-state index contributed by atoms with van der Waals surface area (Å²) in [5.74, 6) is 1.51. The van der Waals surface area contributed by atoms with E-state index >= 15 is 0 Å². The fraction of sp³-hybridized carbons (Fsp3) is 0.302. The van der Waals surface area contributed by atoms with Crippen LogP contribution in [0.25, 0.3) is 0 Å². The van der Waals surface area contributed by atoms with Crippen molar-refractivity contribution in [2.75, 3.05) is 34.0 Å². The molecule has 8 heteroatoms. The molecule has 0 saturated carbocycles. The highest BCUT2D eigenvalue weighted by Crippen LogP contribution is 2.26. The van der Waals surface area contributed by atoms with Crippen molar-refractivity contribution >= 4 is 0 Å². The average Bonchev–Trinajstić information content (AvgIpc) is 3.18. The van der Waals surface area contributed by atoms with E-state index in [-0.39, 0.29) is 39.6 Å². The van der Waals surface area contributed by atoms with Crippen LogP contribution in [0, 0.1) is 0 Å². The minimum Gasteiger partial charge on any atom is -0.497 e. The number of rotatable bonds is 22. The molecule has 0 radical (unpaired) electrons. The van der Waals surface area contributed by atoms with Gasteiger partial charge in [0.1, 0.15) is 29.3 Å². The minimum atomic E-state index is -1.65. The number of ether oxygens (including phenoxy) is 7. The van der Waals surface area contributed by atoms with Crippen LogP contribution >= 0.6 is 0 Å². The smallest absolute Gasteiger partial charge is 0.140 e. The first kappa shape index (κ1) is 37.7. The second kappa shape index (κ2) is 20.3. The molecule has 0 amide bonds. The molecule has 51 heavy (non-hydrogen) atoms. The molecule has 2 atom stereocenters. The fourth-order valence-electron chi connectivity index (χ4n) is 5.58. The summed E-state index contributed by atoms with van der Waals surface area (Å²) in [5, 5.41) is 12.7. The van der Waals surface area contributed by atoms with Gasteiger partial charge in [0.15, 0.2) is 0 Å². The van der Waals surface area contributed by atoms with E-state index in [9.17, 15) is 5.11 Å². The van der Waals surface area contributed by atoms with E-state index in [2.05, 4.69) is 0 Å². The van der Waals surface area contributed by atoms with Gasteiger partial charge in [-0.2, -0.15) is 0 Å². The quantitative estimate of drug-likeness (QED) is 0.0796. The van der Waals surface area contributed by atoms with Gasteiger partial charge in [0.25, 0.3) is 0 Å². The van der Waals surface area contributed by atoms with Crippen LogP contribution in [-0.4, -0.2) is 57.0 Å². The monoisotopic (exact) mass is 692 g/mol. The first-order valence-electron chi connectivity index (χ1n) is 17.1. The number of methoxy groups -OCH3 is 2. The van der Waals surface area contributed by atoms with Gasteiger partial charge in [-0.3, -0.25) is 0 Å². The van der Waals surface area contributed by atoms with Crippen molar-refractivity contribution in [2.45, 2.75) is 50.8 Å². The van der Waals surface area contributed by atoms with Crippen molar-refractivity contribution < 1.29 is 38.3 Å². The Bertz CT molecular complexity index is 1590.